The molecule has 0 aliphatic carbocycles. The van der Waals surface area contributed by atoms with E-state index < -0.39 is 0 Å². The first kappa shape index (κ1) is 22.6. The minimum Gasteiger partial charge on any atom is -0.338 e. The molecule has 1 atom stereocenters. The largest absolute Gasteiger partial charge is 0.338 e. The number of fused-ring (bicyclic) bond motifs is 1. The third-order valence-corrected chi connectivity index (χ3v) is 6.67. The number of rotatable bonds is 4. The Bertz CT molecular complexity index is 1450. The van der Waals surface area contributed by atoms with Gasteiger partial charge in [-0.2, -0.15) is 0 Å². The van der Waals surface area contributed by atoms with E-state index in [0.717, 1.165) is 24.0 Å². The molecule has 1 saturated heterocycles. The number of nitrogens with one attached hydrogen (secondary N) is 1. The van der Waals surface area contributed by atoms with Crippen molar-refractivity contribution in [1.82, 2.24) is 29.9 Å². The number of H-pyrrole nitrogens is 1. The van der Waals surface area contributed by atoms with E-state index in [-0.39, 0.29) is 22.9 Å². The van der Waals surface area contributed by atoms with Gasteiger partial charge in [-0.15, -0.1) is 5.10 Å². The summed E-state index contributed by atoms with van der Waals surface area (Å²) in [5, 5.41) is 9.17. The number of halogens is 2. The fourth-order valence-corrected chi connectivity index (χ4v) is 4.81. The van der Waals surface area contributed by atoms with E-state index in [9.17, 15) is 9.59 Å². The monoisotopic (exact) mass is 496 g/mol. The predicted octanol–water partition coefficient (Wildman–Crippen LogP) is 4.20. The van der Waals surface area contributed by atoms with Gasteiger partial charge in [-0.05, 0) is 49.6 Å². The summed E-state index contributed by atoms with van der Waals surface area (Å²) in [7, 11) is 0. The first-order valence-electron chi connectivity index (χ1n) is 11.0. The first-order chi connectivity index (χ1) is 16.4. The molecular formula is C24H22Cl2N6O2. The van der Waals surface area contributed by atoms with Gasteiger partial charge in [-0.25, -0.2) is 9.67 Å². The highest BCUT2D eigenvalue weighted by molar-refractivity contribution is 6.35. The summed E-state index contributed by atoms with van der Waals surface area (Å²) in [5.74, 6) is 0.424. The molecule has 2 aromatic heterocycles. The fourth-order valence-electron chi connectivity index (χ4n) is 4.34. The highest BCUT2D eigenvalue weighted by Gasteiger charge is 2.28. The third kappa shape index (κ3) is 4.43. The molecule has 0 radical (unpaired) electrons. The Morgan fingerprint density at radius 2 is 2.06 bits per heavy atom. The number of hydrogen-bond donors (Lipinski definition) is 1. The standard InChI is InChI=1S/C24H22Cl2N6O2/c1-14-4-2-5-15(10-14)24(34)31-9-3-6-17(12-31)21-27-22-20(23(33)28-21)29-30-32(22)13-16-7-8-18(25)11-19(16)26/h2,4-5,7-8,10-11,17H,3,6,9,12-13H2,1H3,(H,27,28,33)/t17-/m1/s1. The second-order valence-corrected chi connectivity index (χ2v) is 9.41. The van der Waals surface area contributed by atoms with Crippen LogP contribution in [0.15, 0.2) is 47.3 Å². The van der Waals surface area contributed by atoms with Gasteiger partial charge in [-0.1, -0.05) is 52.2 Å². The van der Waals surface area contributed by atoms with E-state index in [1.165, 1.54) is 0 Å². The van der Waals surface area contributed by atoms with Crippen LogP contribution in [-0.2, 0) is 6.54 Å². The Hall–Kier alpha value is -3.23. The zero-order chi connectivity index (χ0) is 23.8. The summed E-state index contributed by atoms with van der Waals surface area (Å²) in [6.07, 6.45) is 1.64. The maximum atomic E-state index is 13.1. The summed E-state index contributed by atoms with van der Waals surface area (Å²) in [4.78, 5) is 35.2. The van der Waals surface area contributed by atoms with Gasteiger partial charge < -0.3 is 9.88 Å². The number of amides is 1. The van der Waals surface area contributed by atoms with Crippen molar-refractivity contribution >= 4 is 40.3 Å². The molecule has 4 aromatic rings. The lowest BCUT2D eigenvalue weighted by Crippen LogP contribution is -2.40. The van der Waals surface area contributed by atoms with Crippen LogP contribution in [0.5, 0.6) is 0 Å². The Morgan fingerprint density at radius 1 is 1.21 bits per heavy atom. The second kappa shape index (κ2) is 9.19. The van der Waals surface area contributed by atoms with Crippen LogP contribution in [0.2, 0.25) is 10.0 Å². The summed E-state index contributed by atoms with van der Waals surface area (Å²) in [6.45, 7) is 3.41. The van der Waals surface area contributed by atoms with Gasteiger partial charge in [0.25, 0.3) is 11.5 Å². The highest BCUT2D eigenvalue weighted by Crippen LogP contribution is 2.26. The van der Waals surface area contributed by atoms with Crippen LogP contribution in [0.4, 0.5) is 0 Å². The Kier molecular flexibility index (Phi) is 6.10. The van der Waals surface area contributed by atoms with Crippen LogP contribution in [0, 0.1) is 6.92 Å². The number of aromatic amines is 1. The van der Waals surface area contributed by atoms with Crippen molar-refractivity contribution in [2.45, 2.75) is 32.2 Å². The zero-order valence-corrected chi connectivity index (χ0v) is 20.0. The molecule has 3 heterocycles. The van der Waals surface area contributed by atoms with Crippen LogP contribution in [0.25, 0.3) is 11.2 Å². The van der Waals surface area contributed by atoms with Gasteiger partial charge in [0.1, 0.15) is 5.82 Å². The maximum absolute atomic E-state index is 13.1. The second-order valence-electron chi connectivity index (χ2n) is 8.57. The molecule has 174 valence electrons. The van der Waals surface area contributed by atoms with Gasteiger partial charge in [0.05, 0.1) is 6.54 Å². The van der Waals surface area contributed by atoms with E-state index in [1.807, 2.05) is 42.2 Å². The summed E-state index contributed by atoms with van der Waals surface area (Å²) in [6, 6.07) is 12.8. The van der Waals surface area contributed by atoms with E-state index in [4.69, 9.17) is 28.2 Å². The molecule has 1 aliphatic rings. The Balaban J connectivity index is 1.43. The number of aromatic nitrogens is 5. The van der Waals surface area contributed by atoms with Crippen molar-refractivity contribution in [2.24, 2.45) is 0 Å². The molecule has 2 aromatic carbocycles. The quantitative estimate of drug-likeness (QED) is 0.456. The lowest BCUT2D eigenvalue weighted by atomic mass is 9.96. The molecule has 1 fully saturated rings. The summed E-state index contributed by atoms with van der Waals surface area (Å²) < 4.78 is 1.56. The smallest absolute Gasteiger partial charge is 0.281 e. The Labute approximate surface area is 205 Å². The number of carbonyl (C=O) groups excluding carboxylic acids is 1. The molecule has 5 rings (SSSR count). The van der Waals surface area contributed by atoms with Crippen molar-refractivity contribution in [1.29, 1.82) is 0 Å². The van der Waals surface area contributed by atoms with E-state index in [0.29, 0.717) is 46.7 Å². The lowest BCUT2D eigenvalue weighted by Gasteiger charge is -2.32. The minimum absolute atomic E-state index is 0.0130. The molecule has 0 saturated carbocycles. The Morgan fingerprint density at radius 3 is 2.85 bits per heavy atom. The summed E-state index contributed by atoms with van der Waals surface area (Å²) in [5.41, 5.74) is 2.69. The molecule has 1 N–H and O–H groups in total. The molecule has 0 unspecified atom stereocenters. The van der Waals surface area contributed by atoms with Gasteiger partial charge >= 0.3 is 0 Å². The van der Waals surface area contributed by atoms with Gasteiger partial charge in [0.2, 0.25) is 0 Å². The average molecular weight is 497 g/mol. The molecule has 1 amide bonds. The SMILES string of the molecule is Cc1cccc(C(=O)N2CCC[C@@H](c3nc4c(nnn4Cc4ccc(Cl)cc4Cl)c(=O)[nH]3)C2)c1. The van der Waals surface area contributed by atoms with Gasteiger partial charge in [0.15, 0.2) is 11.2 Å². The van der Waals surface area contributed by atoms with Gasteiger partial charge in [-0.3, -0.25) is 9.59 Å². The van der Waals surface area contributed by atoms with Crippen LogP contribution in [-0.4, -0.2) is 48.9 Å². The van der Waals surface area contributed by atoms with E-state index in [1.54, 1.807) is 16.8 Å². The lowest BCUT2D eigenvalue weighted by molar-refractivity contribution is 0.0704. The first-order valence-corrected chi connectivity index (χ1v) is 11.8. The van der Waals surface area contributed by atoms with Crippen LogP contribution < -0.4 is 5.56 Å². The van der Waals surface area contributed by atoms with E-state index >= 15 is 0 Å². The van der Waals surface area contributed by atoms with Crippen molar-refractivity contribution in [2.75, 3.05) is 13.1 Å². The van der Waals surface area contributed by atoms with Crippen LogP contribution in [0.1, 0.15) is 46.1 Å². The number of hydrogen-bond acceptors (Lipinski definition) is 5. The van der Waals surface area contributed by atoms with Crippen LogP contribution in [0.3, 0.4) is 0 Å². The topological polar surface area (TPSA) is 96.8 Å². The van der Waals surface area contributed by atoms with Crippen LogP contribution >= 0.6 is 23.2 Å². The number of carbonyl (C=O) groups is 1. The predicted molar refractivity (Wildman–Crippen MR) is 131 cm³/mol. The fraction of sp³-hybridized carbons (Fsp3) is 0.292. The third-order valence-electron chi connectivity index (χ3n) is 6.09. The molecule has 10 heteroatoms. The zero-order valence-electron chi connectivity index (χ0n) is 18.5. The minimum atomic E-state index is -0.351. The number of benzene rings is 2. The maximum Gasteiger partial charge on any atom is 0.281 e. The molecule has 8 nitrogen and oxygen atoms in total. The molecule has 0 spiro atoms. The molecule has 1 aliphatic heterocycles. The number of piperidine rings is 1. The number of aryl methyl sites for hydroxylation is 1. The average Bonchev–Trinajstić information content (AvgIpc) is 3.24. The number of likely N-dealkylation sites (tertiary alicyclic amines) is 1. The summed E-state index contributed by atoms with van der Waals surface area (Å²) >= 11 is 12.3. The number of nitrogens with zero attached hydrogens (tertiary/aromatic N) is 5. The normalized spacial score (nSPS) is 16.2. The molecular weight excluding hydrogens is 475 g/mol. The molecule has 0 bridgehead atoms. The van der Waals surface area contributed by atoms with Crippen molar-refractivity contribution in [3.63, 3.8) is 0 Å². The highest BCUT2D eigenvalue weighted by atomic mass is 35.5. The van der Waals surface area contributed by atoms with Crippen molar-refractivity contribution in [3.05, 3.63) is 85.4 Å². The van der Waals surface area contributed by atoms with Crippen molar-refractivity contribution < 1.29 is 4.79 Å². The van der Waals surface area contributed by atoms with Gasteiger partial charge in [0, 0.05) is 34.6 Å². The van der Waals surface area contributed by atoms with E-state index in [2.05, 4.69) is 15.3 Å². The van der Waals surface area contributed by atoms with Crippen molar-refractivity contribution in [3.8, 4) is 0 Å². The molecule has 34 heavy (non-hydrogen) atoms.